The third kappa shape index (κ3) is 7.36. The highest BCUT2D eigenvalue weighted by Gasteiger charge is 2.10. The predicted molar refractivity (Wildman–Crippen MR) is 76.3 cm³/mol. The molecule has 0 saturated heterocycles. The van der Waals surface area contributed by atoms with Crippen LogP contribution in [0.4, 0.5) is 0 Å². The van der Waals surface area contributed by atoms with Gasteiger partial charge in [-0.2, -0.15) is 0 Å². The molecule has 0 spiro atoms. The first-order valence-corrected chi connectivity index (χ1v) is 7.39. The smallest absolute Gasteiger partial charge is 0.155 e. The lowest BCUT2D eigenvalue weighted by Gasteiger charge is -2.13. The first-order valence-electron chi connectivity index (χ1n) is 7.39. The molecule has 0 amide bonds. The lowest BCUT2D eigenvalue weighted by atomic mass is 9.92. The number of hydrogen-bond donors (Lipinski definition) is 0. The van der Waals surface area contributed by atoms with Gasteiger partial charge in [-0.25, -0.2) is 0 Å². The summed E-state index contributed by atoms with van der Waals surface area (Å²) >= 11 is 0. The van der Waals surface area contributed by atoms with E-state index in [0.29, 0.717) is 5.78 Å². The van der Waals surface area contributed by atoms with Gasteiger partial charge in [0, 0.05) is 0 Å². The minimum Gasteiger partial charge on any atom is -0.295 e. The van der Waals surface area contributed by atoms with Crippen LogP contribution in [-0.4, -0.2) is 5.78 Å². The van der Waals surface area contributed by atoms with E-state index in [2.05, 4.69) is 20.8 Å². The second-order valence-electron chi connectivity index (χ2n) is 4.95. The summed E-state index contributed by atoms with van der Waals surface area (Å²) in [4.78, 5) is 11.8. The Kier molecular flexibility index (Phi) is 10.2. The Bertz CT molecular complexity index is 228. The van der Waals surface area contributed by atoms with Gasteiger partial charge in [0.25, 0.3) is 0 Å². The normalized spacial score (nSPS) is 10.4. The number of rotatable bonds is 10. The van der Waals surface area contributed by atoms with Gasteiger partial charge in [0.1, 0.15) is 0 Å². The van der Waals surface area contributed by atoms with Crippen molar-refractivity contribution in [2.45, 2.75) is 85.5 Å². The summed E-state index contributed by atoms with van der Waals surface area (Å²) in [6.07, 6.45) is 10.5. The van der Waals surface area contributed by atoms with Crippen LogP contribution in [0, 0.1) is 0 Å². The molecule has 0 aromatic heterocycles. The summed E-state index contributed by atoms with van der Waals surface area (Å²) in [6.45, 7) is 8.37. The molecule has 0 bridgehead atoms. The van der Waals surface area contributed by atoms with Crippen LogP contribution in [0.3, 0.4) is 0 Å². The van der Waals surface area contributed by atoms with Crippen molar-refractivity contribution >= 4 is 5.78 Å². The van der Waals surface area contributed by atoms with Gasteiger partial charge in [0.2, 0.25) is 0 Å². The summed E-state index contributed by atoms with van der Waals surface area (Å²) in [5, 5.41) is 0. The summed E-state index contributed by atoms with van der Waals surface area (Å²) < 4.78 is 0. The highest BCUT2D eigenvalue weighted by Crippen LogP contribution is 2.23. The third-order valence-corrected chi connectivity index (χ3v) is 3.30. The van der Waals surface area contributed by atoms with Gasteiger partial charge >= 0.3 is 0 Å². The summed E-state index contributed by atoms with van der Waals surface area (Å²) in [5.74, 6) is 0.306. The monoisotopic (exact) mass is 238 g/mol. The fraction of sp³-hybridized carbons (Fsp3) is 0.812. The van der Waals surface area contributed by atoms with E-state index in [-0.39, 0.29) is 0 Å². The minimum atomic E-state index is 0.306. The molecule has 1 heteroatoms. The summed E-state index contributed by atoms with van der Waals surface area (Å²) in [6, 6.07) is 0. The van der Waals surface area contributed by atoms with E-state index in [0.717, 1.165) is 31.3 Å². The van der Waals surface area contributed by atoms with Crippen molar-refractivity contribution in [2.24, 2.45) is 0 Å². The third-order valence-electron chi connectivity index (χ3n) is 3.30. The topological polar surface area (TPSA) is 17.1 Å². The molecule has 0 heterocycles. The van der Waals surface area contributed by atoms with Crippen LogP contribution in [-0.2, 0) is 4.79 Å². The molecule has 0 atom stereocenters. The largest absolute Gasteiger partial charge is 0.295 e. The molecule has 17 heavy (non-hydrogen) atoms. The Hall–Kier alpha value is -0.590. The SMILES string of the molecule is CCCCC(CCCC)=C(CCCC)C(C)=O. The van der Waals surface area contributed by atoms with Gasteiger partial charge in [-0.05, 0) is 51.0 Å². The Morgan fingerprint density at radius 2 is 1.18 bits per heavy atom. The van der Waals surface area contributed by atoms with Crippen LogP contribution in [0.15, 0.2) is 11.1 Å². The average molecular weight is 238 g/mol. The van der Waals surface area contributed by atoms with Crippen molar-refractivity contribution in [3.05, 3.63) is 11.1 Å². The van der Waals surface area contributed by atoms with Crippen LogP contribution in [0.5, 0.6) is 0 Å². The van der Waals surface area contributed by atoms with Crippen LogP contribution in [0.2, 0.25) is 0 Å². The number of Topliss-reactive ketones (excluding diaryl/α,β-unsaturated/α-hetero) is 1. The van der Waals surface area contributed by atoms with Crippen molar-refractivity contribution in [2.75, 3.05) is 0 Å². The van der Waals surface area contributed by atoms with E-state index < -0.39 is 0 Å². The predicted octanol–water partition coefficient (Wildman–Crippen LogP) is 5.44. The number of carbonyl (C=O) groups is 1. The number of hydrogen-bond acceptors (Lipinski definition) is 1. The lowest BCUT2D eigenvalue weighted by Crippen LogP contribution is -2.03. The van der Waals surface area contributed by atoms with Crippen LogP contribution in [0.1, 0.15) is 85.5 Å². The van der Waals surface area contributed by atoms with Crippen LogP contribution >= 0.6 is 0 Å². The van der Waals surface area contributed by atoms with Crippen LogP contribution < -0.4 is 0 Å². The van der Waals surface area contributed by atoms with Crippen molar-refractivity contribution < 1.29 is 4.79 Å². The molecule has 0 rings (SSSR count). The van der Waals surface area contributed by atoms with Gasteiger partial charge in [0.15, 0.2) is 5.78 Å². The number of ketones is 1. The van der Waals surface area contributed by atoms with E-state index in [1.165, 1.54) is 37.7 Å². The molecule has 0 radical (unpaired) electrons. The molecule has 0 N–H and O–H groups in total. The maximum atomic E-state index is 11.8. The molecular weight excluding hydrogens is 208 g/mol. The second kappa shape index (κ2) is 10.6. The number of allylic oxidation sites excluding steroid dienone is 2. The second-order valence-corrected chi connectivity index (χ2v) is 4.95. The van der Waals surface area contributed by atoms with E-state index in [4.69, 9.17) is 0 Å². The van der Waals surface area contributed by atoms with E-state index >= 15 is 0 Å². The minimum absolute atomic E-state index is 0.306. The maximum absolute atomic E-state index is 11.8. The van der Waals surface area contributed by atoms with E-state index in [9.17, 15) is 4.79 Å². The van der Waals surface area contributed by atoms with Crippen LogP contribution in [0.25, 0.3) is 0 Å². The number of unbranched alkanes of at least 4 members (excludes halogenated alkanes) is 3. The van der Waals surface area contributed by atoms with Gasteiger partial charge in [-0.3, -0.25) is 4.79 Å². The van der Waals surface area contributed by atoms with Crippen molar-refractivity contribution in [3.8, 4) is 0 Å². The molecule has 1 nitrogen and oxygen atoms in total. The summed E-state index contributed by atoms with van der Waals surface area (Å²) in [7, 11) is 0. The molecule has 0 saturated carbocycles. The first-order chi connectivity index (χ1) is 8.17. The van der Waals surface area contributed by atoms with Crippen molar-refractivity contribution in [3.63, 3.8) is 0 Å². The maximum Gasteiger partial charge on any atom is 0.155 e. The summed E-state index contributed by atoms with van der Waals surface area (Å²) in [5.41, 5.74) is 2.60. The van der Waals surface area contributed by atoms with Gasteiger partial charge in [-0.15, -0.1) is 0 Å². The number of carbonyl (C=O) groups excluding carboxylic acids is 1. The average Bonchev–Trinajstić information content (AvgIpc) is 2.31. The molecule has 0 aliphatic rings. The zero-order chi connectivity index (χ0) is 13.1. The highest BCUT2D eigenvalue weighted by molar-refractivity contribution is 5.94. The zero-order valence-electron chi connectivity index (χ0n) is 12.3. The zero-order valence-corrected chi connectivity index (χ0v) is 12.3. The Morgan fingerprint density at radius 1 is 0.765 bits per heavy atom. The molecule has 0 aromatic rings. The molecule has 100 valence electrons. The van der Waals surface area contributed by atoms with Crippen molar-refractivity contribution in [1.29, 1.82) is 0 Å². The standard InChI is InChI=1S/C16H30O/c1-5-8-11-15(12-9-6-2)16(14(4)17)13-10-7-3/h5-13H2,1-4H3. The lowest BCUT2D eigenvalue weighted by molar-refractivity contribution is -0.113. The molecule has 0 aliphatic carbocycles. The fourth-order valence-electron chi connectivity index (χ4n) is 2.16. The molecule has 0 aromatic carbocycles. The van der Waals surface area contributed by atoms with Gasteiger partial charge < -0.3 is 0 Å². The Labute approximate surface area is 108 Å². The fourth-order valence-corrected chi connectivity index (χ4v) is 2.16. The van der Waals surface area contributed by atoms with E-state index in [1.807, 2.05) is 0 Å². The highest BCUT2D eigenvalue weighted by atomic mass is 16.1. The molecule has 0 fully saturated rings. The molecule has 0 aliphatic heterocycles. The van der Waals surface area contributed by atoms with Gasteiger partial charge in [0.05, 0.1) is 0 Å². The van der Waals surface area contributed by atoms with E-state index in [1.54, 1.807) is 6.92 Å². The Morgan fingerprint density at radius 3 is 1.53 bits per heavy atom. The Balaban J connectivity index is 4.73. The first kappa shape index (κ1) is 16.4. The quantitative estimate of drug-likeness (QED) is 0.463. The molecular formula is C16H30O. The van der Waals surface area contributed by atoms with Crippen molar-refractivity contribution in [1.82, 2.24) is 0 Å². The molecule has 0 unspecified atom stereocenters. The van der Waals surface area contributed by atoms with Gasteiger partial charge in [-0.1, -0.05) is 45.6 Å².